The summed E-state index contributed by atoms with van der Waals surface area (Å²) in [5.74, 6) is 0.138. The maximum Gasteiger partial charge on any atom is 0.327 e. The average Bonchev–Trinajstić information content (AvgIpc) is 3.23. The Kier molecular flexibility index (Phi) is 4.16. The smallest absolute Gasteiger partial charge is 0.293 e. The van der Waals surface area contributed by atoms with Gasteiger partial charge in [-0.15, -0.1) is 0 Å². The van der Waals surface area contributed by atoms with Crippen molar-refractivity contribution in [3.8, 4) is 0 Å². The molecule has 0 spiro atoms. The zero-order valence-electron chi connectivity index (χ0n) is 14.4. The highest BCUT2D eigenvalue weighted by Gasteiger charge is 2.25. The van der Waals surface area contributed by atoms with E-state index in [1.54, 1.807) is 21.7 Å². The largest absolute Gasteiger partial charge is 0.327 e. The van der Waals surface area contributed by atoms with Crippen LogP contribution in [-0.4, -0.2) is 22.4 Å². The number of hydrogen-bond donors (Lipinski definition) is 1. The van der Waals surface area contributed by atoms with Crippen molar-refractivity contribution in [1.82, 2.24) is 9.78 Å². The molecule has 2 aromatic carbocycles. The molecule has 0 unspecified atom stereocenters. The van der Waals surface area contributed by atoms with E-state index in [1.807, 2.05) is 18.3 Å². The molecule has 0 fully saturated rings. The Balaban J connectivity index is 1.46. The number of carbonyl (C=O) groups is 1. The van der Waals surface area contributed by atoms with E-state index >= 15 is 0 Å². The summed E-state index contributed by atoms with van der Waals surface area (Å²) in [4.78, 5) is 14.1. The molecule has 2 heterocycles. The minimum atomic E-state index is -0.342. The monoisotopic (exact) mass is 350 g/mol. The van der Waals surface area contributed by atoms with Crippen LogP contribution in [-0.2, 0) is 13.0 Å². The van der Waals surface area contributed by atoms with Gasteiger partial charge in [0.25, 0.3) is 0 Å². The van der Waals surface area contributed by atoms with Gasteiger partial charge in [0.15, 0.2) is 5.82 Å². The molecular formula is C20H19FN4O. The first-order chi connectivity index (χ1) is 12.6. The fourth-order valence-electron chi connectivity index (χ4n) is 3.22. The van der Waals surface area contributed by atoms with Crippen molar-refractivity contribution < 1.29 is 9.18 Å². The van der Waals surface area contributed by atoms with Gasteiger partial charge in [0.2, 0.25) is 0 Å². The van der Waals surface area contributed by atoms with Crippen LogP contribution in [0.15, 0.2) is 54.7 Å². The van der Waals surface area contributed by atoms with Gasteiger partial charge in [0, 0.05) is 18.8 Å². The Labute approximate surface area is 151 Å². The molecule has 6 heteroatoms. The minimum Gasteiger partial charge on any atom is -0.293 e. The van der Waals surface area contributed by atoms with Crippen LogP contribution in [0.25, 0.3) is 0 Å². The minimum absolute atomic E-state index is 0.296. The molecule has 5 nitrogen and oxygen atoms in total. The summed E-state index contributed by atoms with van der Waals surface area (Å²) in [5.41, 5.74) is 3.98. The van der Waals surface area contributed by atoms with Gasteiger partial charge in [-0.1, -0.05) is 30.3 Å². The molecule has 3 aromatic rings. The molecule has 1 N–H and O–H groups in total. The number of urea groups is 1. The third-order valence-corrected chi connectivity index (χ3v) is 4.66. The van der Waals surface area contributed by atoms with Crippen molar-refractivity contribution in [2.45, 2.75) is 19.9 Å². The van der Waals surface area contributed by atoms with Crippen molar-refractivity contribution >= 4 is 17.5 Å². The number of nitrogens with zero attached hydrogens (tertiary/aromatic N) is 3. The first-order valence-electron chi connectivity index (χ1n) is 8.55. The van der Waals surface area contributed by atoms with Gasteiger partial charge >= 0.3 is 6.03 Å². The lowest BCUT2D eigenvalue weighted by Gasteiger charge is -2.17. The van der Waals surface area contributed by atoms with Crippen LogP contribution in [0.5, 0.6) is 0 Å². The van der Waals surface area contributed by atoms with E-state index in [0.717, 1.165) is 12.0 Å². The molecule has 0 saturated carbocycles. The van der Waals surface area contributed by atoms with Crippen LogP contribution in [0.1, 0.15) is 16.7 Å². The SMILES string of the molecule is Cc1ccccc1Cn1ccc(NC(=O)N2CCc3ccc(F)cc32)n1. The number of amides is 2. The molecule has 26 heavy (non-hydrogen) atoms. The molecule has 132 valence electrons. The number of fused-ring (bicyclic) bond motifs is 1. The Morgan fingerprint density at radius 1 is 1.23 bits per heavy atom. The molecule has 0 saturated heterocycles. The number of halogens is 1. The quantitative estimate of drug-likeness (QED) is 0.777. The van der Waals surface area contributed by atoms with E-state index in [1.165, 1.54) is 23.3 Å². The highest BCUT2D eigenvalue weighted by molar-refractivity contribution is 6.02. The van der Waals surface area contributed by atoms with Gasteiger partial charge in [0.05, 0.1) is 12.2 Å². The van der Waals surface area contributed by atoms with Gasteiger partial charge in [-0.25, -0.2) is 9.18 Å². The van der Waals surface area contributed by atoms with E-state index in [0.29, 0.717) is 24.6 Å². The summed E-state index contributed by atoms with van der Waals surface area (Å²) in [6, 6.07) is 14.1. The molecule has 1 aliphatic rings. The summed E-state index contributed by atoms with van der Waals surface area (Å²) in [7, 11) is 0. The van der Waals surface area contributed by atoms with Crippen molar-refractivity contribution in [3.05, 3.63) is 77.2 Å². The lowest BCUT2D eigenvalue weighted by atomic mass is 10.1. The number of anilines is 2. The Hall–Kier alpha value is -3.15. The highest BCUT2D eigenvalue weighted by atomic mass is 19.1. The van der Waals surface area contributed by atoms with E-state index in [2.05, 4.69) is 29.5 Å². The lowest BCUT2D eigenvalue weighted by molar-refractivity contribution is 0.257. The summed E-state index contributed by atoms with van der Waals surface area (Å²) in [6.07, 6.45) is 2.56. The molecule has 0 bridgehead atoms. The number of rotatable bonds is 3. The third-order valence-electron chi connectivity index (χ3n) is 4.66. The molecule has 2 amide bonds. The number of carbonyl (C=O) groups excluding carboxylic acids is 1. The van der Waals surface area contributed by atoms with E-state index in [9.17, 15) is 9.18 Å². The van der Waals surface area contributed by atoms with Crippen LogP contribution in [0.3, 0.4) is 0 Å². The zero-order valence-corrected chi connectivity index (χ0v) is 14.4. The average molecular weight is 350 g/mol. The van der Waals surface area contributed by atoms with Gasteiger partial charge in [-0.3, -0.25) is 14.9 Å². The second-order valence-electron chi connectivity index (χ2n) is 6.43. The second kappa shape index (κ2) is 6.63. The van der Waals surface area contributed by atoms with Crippen molar-refractivity contribution in [2.75, 3.05) is 16.8 Å². The standard InChI is InChI=1S/C20H19FN4O/c1-14-4-2-3-5-16(14)13-24-10-9-19(23-24)22-20(26)25-11-8-15-6-7-17(21)12-18(15)25/h2-7,9-10,12H,8,11,13H2,1H3,(H,22,23,26). The maximum atomic E-state index is 13.5. The molecule has 0 atom stereocenters. The number of hydrogen-bond acceptors (Lipinski definition) is 2. The van der Waals surface area contributed by atoms with Crippen molar-refractivity contribution in [1.29, 1.82) is 0 Å². The topological polar surface area (TPSA) is 50.2 Å². The van der Waals surface area contributed by atoms with Gasteiger partial charge < -0.3 is 0 Å². The molecular weight excluding hydrogens is 331 g/mol. The summed E-state index contributed by atoms with van der Waals surface area (Å²) >= 11 is 0. The van der Waals surface area contributed by atoms with Crippen LogP contribution < -0.4 is 10.2 Å². The molecule has 4 rings (SSSR count). The van der Waals surface area contributed by atoms with Crippen LogP contribution in [0, 0.1) is 12.7 Å². The Bertz CT molecular complexity index is 966. The molecule has 1 aromatic heterocycles. The number of nitrogens with one attached hydrogen (secondary N) is 1. The van der Waals surface area contributed by atoms with Crippen LogP contribution >= 0.6 is 0 Å². The fraction of sp³-hybridized carbons (Fsp3) is 0.200. The summed E-state index contributed by atoms with van der Waals surface area (Å²) in [5, 5.41) is 7.21. The lowest BCUT2D eigenvalue weighted by Crippen LogP contribution is -2.33. The van der Waals surface area contributed by atoms with Crippen molar-refractivity contribution in [3.63, 3.8) is 0 Å². The highest BCUT2D eigenvalue weighted by Crippen LogP contribution is 2.29. The predicted molar refractivity (Wildman–Crippen MR) is 99.0 cm³/mol. The van der Waals surface area contributed by atoms with Crippen LogP contribution in [0.2, 0.25) is 0 Å². The normalized spacial score (nSPS) is 12.9. The van der Waals surface area contributed by atoms with Gasteiger partial charge in [-0.2, -0.15) is 5.10 Å². The molecule has 0 aliphatic carbocycles. The van der Waals surface area contributed by atoms with Gasteiger partial charge in [0.1, 0.15) is 5.82 Å². The van der Waals surface area contributed by atoms with Gasteiger partial charge in [-0.05, 0) is 42.2 Å². The molecule has 0 radical (unpaired) electrons. The summed E-state index contributed by atoms with van der Waals surface area (Å²) in [6.45, 7) is 3.24. The number of aromatic nitrogens is 2. The van der Waals surface area contributed by atoms with E-state index in [4.69, 9.17) is 0 Å². The summed E-state index contributed by atoms with van der Waals surface area (Å²) < 4.78 is 15.3. The van der Waals surface area contributed by atoms with E-state index in [-0.39, 0.29) is 11.8 Å². The predicted octanol–water partition coefficient (Wildman–Crippen LogP) is 3.97. The second-order valence-corrected chi connectivity index (χ2v) is 6.43. The Morgan fingerprint density at radius 2 is 2.08 bits per heavy atom. The number of aryl methyl sites for hydroxylation is 1. The van der Waals surface area contributed by atoms with Crippen molar-refractivity contribution in [2.24, 2.45) is 0 Å². The van der Waals surface area contributed by atoms with Crippen LogP contribution in [0.4, 0.5) is 20.7 Å². The zero-order chi connectivity index (χ0) is 18.1. The third kappa shape index (κ3) is 3.18. The maximum absolute atomic E-state index is 13.5. The Morgan fingerprint density at radius 3 is 2.92 bits per heavy atom. The first-order valence-corrected chi connectivity index (χ1v) is 8.55. The fourth-order valence-corrected chi connectivity index (χ4v) is 3.22. The number of benzene rings is 2. The molecule has 1 aliphatic heterocycles. The van der Waals surface area contributed by atoms with E-state index < -0.39 is 0 Å². The first kappa shape index (κ1) is 16.3.